The van der Waals surface area contributed by atoms with Crippen LogP contribution >= 0.6 is 0 Å². The highest BCUT2D eigenvalue weighted by molar-refractivity contribution is 6.23. The molecule has 1 aliphatic heterocycles. The first-order valence-corrected chi connectivity index (χ1v) is 14.4. The molecule has 5 atom stereocenters. The van der Waals surface area contributed by atoms with Crippen LogP contribution in [-0.2, 0) is 9.59 Å². The molecule has 0 radical (unpaired) electrons. The second-order valence-corrected chi connectivity index (χ2v) is 11.2. The summed E-state index contributed by atoms with van der Waals surface area (Å²) in [4.78, 5) is 29.5. The summed E-state index contributed by atoms with van der Waals surface area (Å²) in [5.74, 6) is 0.180. The SMILES string of the molecule is CCCCCCOc1ccc(N2C(=O)[C@@H]3[C@@H]4c5ccccc5[C@H](c5cc([C@@H](C)CC)ccc54)[C@H]3C2=O)cc1. The number of rotatable bonds is 9. The van der Waals surface area contributed by atoms with Crippen molar-refractivity contribution in [3.05, 3.63) is 94.5 Å². The number of carbonyl (C=O) groups is 2. The number of imide groups is 1. The summed E-state index contributed by atoms with van der Waals surface area (Å²) >= 11 is 0. The van der Waals surface area contributed by atoms with Gasteiger partial charge in [0.15, 0.2) is 0 Å². The summed E-state index contributed by atoms with van der Waals surface area (Å²) in [5, 5.41) is 0. The number of carbonyl (C=O) groups excluding carboxylic acids is 2. The van der Waals surface area contributed by atoms with Crippen molar-refractivity contribution in [1.29, 1.82) is 0 Å². The summed E-state index contributed by atoms with van der Waals surface area (Å²) in [6.07, 6.45) is 5.69. The number of nitrogens with zero attached hydrogens (tertiary/aromatic N) is 1. The van der Waals surface area contributed by atoms with Crippen LogP contribution in [0, 0.1) is 11.8 Å². The van der Waals surface area contributed by atoms with E-state index in [-0.39, 0.29) is 35.5 Å². The molecular weight excluding hydrogens is 470 g/mol. The van der Waals surface area contributed by atoms with Gasteiger partial charge in [0.25, 0.3) is 0 Å². The number of hydrogen-bond donors (Lipinski definition) is 0. The van der Waals surface area contributed by atoms with Crippen molar-refractivity contribution in [3.8, 4) is 5.75 Å². The summed E-state index contributed by atoms with van der Waals surface area (Å²) in [7, 11) is 0. The fourth-order valence-corrected chi connectivity index (χ4v) is 6.95. The van der Waals surface area contributed by atoms with Crippen LogP contribution in [0.5, 0.6) is 5.75 Å². The Morgan fingerprint density at radius 2 is 1.39 bits per heavy atom. The lowest BCUT2D eigenvalue weighted by Gasteiger charge is -2.46. The maximum absolute atomic E-state index is 14.1. The van der Waals surface area contributed by atoms with E-state index in [0.717, 1.165) is 18.6 Å². The van der Waals surface area contributed by atoms with Crippen molar-refractivity contribution in [2.45, 2.75) is 70.6 Å². The van der Waals surface area contributed by atoms with E-state index < -0.39 is 0 Å². The summed E-state index contributed by atoms with van der Waals surface area (Å²) < 4.78 is 5.90. The molecule has 0 N–H and O–H groups in total. The van der Waals surface area contributed by atoms with Gasteiger partial charge in [-0.05, 0) is 70.8 Å². The third kappa shape index (κ3) is 3.88. The Kier molecular flexibility index (Phi) is 6.59. The highest BCUT2D eigenvalue weighted by Gasteiger charge is 2.61. The minimum atomic E-state index is -0.364. The molecule has 4 heteroatoms. The average molecular weight is 508 g/mol. The monoisotopic (exact) mass is 507 g/mol. The van der Waals surface area contributed by atoms with E-state index in [9.17, 15) is 9.59 Å². The zero-order chi connectivity index (χ0) is 26.4. The molecule has 0 aromatic heterocycles. The molecule has 7 rings (SSSR count). The topological polar surface area (TPSA) is 46.6 Å². The van der Waals surface area contributed by atoms with Gasteiger partial charge in [0.1, 0.15) is 5.75 Å². The Morgan fingerprint density at radius 3 is 2.03 bits per heavy atom. The molecule has 1 fully saturated rings. The molecule has 3 aromatic rings. The average Bonchev–Trinajstić information content (AvgIpc) is 3.22. The van der Waals surface area contributed by atoms with E-state index in [1.807, 2.05) is 24.3 Å². The van der Waals surface area contributed by atoms with Crippen molar-refractivity contribution in [3.63, 3.8) is 0 Å². The molecule has 1 heterocycles. The third-order valence-corrected chi connectivity index (χ3v) is 9.11. The van der Waals surface area contributed by atoms with Gasteiger partial charge >= 0.3 is 0 Å². The van der Waals surface area contributed by atoms with Crippen molar-refractivity contribution in [2.75, 3.05) is 11.5 Å². The third-order valence-electron chi connectivity index (χ3n) is 9.11. The molecule has 0 spiro atoms. The predicted octanol–water partition coefficient (Wildman–Crippen LogP) is 7.56. The molecule has 196 valence electrons. The van der Waals surface area contributed by atoms with Gasteiger partial charge in [-0.25, -0.2) is 4.90 Å². The Labute approximate surface area is 226 Å². The number of hydrogen-bond acceptors (Lipinski definition) is 3. The molecule has 3 aromatic carbocycles. The molecule has 0 saturated carbocycles. The maximum Gasteiger partial charge on any atom is 0.238 e. The van der Waals surface area contributed by atoms with E-state index in [1.165, 1.54) is 52.0 Å². The van der Waals surface area contributed by atoms with Gasteiger partial charge in [0.05, 0.1) is 24.1 Å². The second-order valence-electron chi connectivity index (χ2n) is 11.2. The Bertz CT molecular complexity index is 1360. The second kappa shape index (κ2) is 10.1. The lowest BCUT2D eigenvalue weighted by molar-refractivity contribution is -0.122. The first-order chi connectivity index (χ1) is 18.5. The van der Waals surface area contributed by atoms with Gasteiger partial charge in [0, 0.05) is 11.8 Å². The zero-order valence-electron chi connectivity index (χ0n) is 22.7. The molecular formula is C34H37NO3. The van der Waals surface area contributed by atoms with Crippen LogP contribution in [0.4, 0.5) is 5.69 Å². The van der Waals surface area contributed by atoms with Crippen molar-refractivity contribution < 1.29 is 14.3 Å². The minimum absolute atomic E-state index is 0.0719. The first-order valence-electron chi connectivity index (χ1n) is 14.4. The van der Waals surface area contributed by atoms with Crippen molar-refractivity contribution >= 4 is 17.5 Å². The Hall–Kier alpha value is -3.40. The van der Waals surface area contributed by atoms with Gasteiger partial charge < -0.3 is 4.74 Å². The normalized spacial score (nSPS) is 23.7. The smallest absolute Gasteiger partial charge is 0.238 e. The quantitative estimate of drug-likeness (QED) is 0.222. The summed E-state index contributed by atoms with van der Waals surface area (Å²) in [6, 6.07) is 22.7. The van der Waals surface area contributed by atoms with Gasteiger partial charge in [-0.2, -0.15) is 0 Å². The largest absolute Gasteiger partial charge is 0.494 e. The molecule has 0 unspecified atom stereocenters. The molecule has 4 aliphatic rings. The summed E-state index contributed by atoms with van der Waals surface area (Å²) in [6.45, 7) is 7.35. The lowest BCUT2D eigenvalue weighted by Crippen LogP contribution is -2.41. The van der Waals surface area contributed by atoms with Crippen LogP contribution in [0.3, 0.4) is 0 Å². The first kappa shape index (κ1) is 24.9. The number of ether oxygens (including phenoxy) is 1. The minimum Gasteiger partial charge on any atom is -0.494 e. The van der Waals surface area contributed by atoms with Gasteiger partial charge in [0.2, 0.25) is 11.8 Å². The molecule has 3 aliphatic carbocycles. The highest BCUT2D eigenvalue weighted by Crippen LogP contribution is 2.61. The number of amides is 2. The molecule has 2 amide bonds. The molecule has 1 saturated heterocycles. The predicted molar refractivity (Wildman–Crippen MR) is 151 cm³/mol. The molecule has 38 heavy (non-hydrogen) atoms. The van der Waals surface area contributed by atoms with Crippen LogP contribution in [0.15, 0.2) is 66.7 Å². The summed E-state index contributed by atoms with van der Waals surface area (Å²) in [5.41, 5.74) is 6.83. The van der Waals surface area contributed by atoms with Crippen LogP contribution in [0.2, 0.25) is 0 Å². The van der Waals surface area contributed by atoms with E-state index >= 15 is 0 Å². The number of unbranched alkanes of at least 4 members (excludes halogenated alkanes) is 3. The molecule has 2 bridgehead atoms. The van der Waals surface area contributed by atoms with Crippen molar-refractivity contribution in [2.24, 2.45) is 11.8 Å². The Morgan fingerprint density at radius 1 is 0.763 bits per heavy atom. The van der Waals surface area contributed by atoms with E-state index in [4.69, 9.17) is 4.74 Å². The standard InChI is InChI=1S/C34H37NO3/c1-4-6-7-10-19-38-24-16-14-23(15-17-24)35-33(36)31-29-25-11-8-9-12-26(25)30(32(31)34(35)37)28-20-22(21(3)5-2)13-18-27(28)29/h8-9,11-18,20-21,29-32H,4-7,10,19H2,1-3H3/t21-,29+,30+,31+,32+/m0/s1. The maximum atomic E-state index is 14.1. The van der Waals surface area contributed by atoms with Gasteiger partial charge in [-0.3, -0.25) is 9.59 Å². The fraction of sp³-hybridized carbons (Fsp3) is 0.412. The van der Waals surface area contributed by atoms with Gasteiger partial charge in [-0.1, -0.05) is 82.5 Å². The lowest BCUT2D eigenvalue weighted by atomic mass is 9.54. The van der Waals surface area contributed by atoms with Gasteiger partial charge in [-0.15, -0.1) is 0 Å². The number of benzene rings is 3. The van der Waals surface area contributed by atoms with Crippen LogP contribution in [0.25, 0.3) is 0 Å². The number of anilines is 1. The van der Waals surface area contributed by atoms with E-state index in [1.54, 1.807) is 0 Å². The van der Waals surface area contributed by atoms with E-state index in [2.05, 4.69) is 63.2 Å². The van der Waals surface area contributed by atoms with E-state index in [0.29, 0.717) is 18.2 Å². The Balaban J connectivity index is 1.33. The fourth-order valence-electron chi connectivity index (χ4n) is 6.95. The highest BCUT2D eigenvalue weighted by atomic mass is 16.5. The van der Waals surface area contributed by atoms with Crippen LogP contribution in [0.1, 0.15) is 98.4 Å². The van der Waals surface area contributed by atoms with Crippen molar-refractivity contribution in [1.82, 2.24) is 0 Å². The molecule has 4 nitrogen and oxygen atoms in total. The van der Waals surface area contributed by atoms with Crippen LogP contribution < -0.4 is 9.64 Å². The van der Waals surface area contributed by atoms with Crippen LogP contribution in [-0.4, -0.2) is 18.4 Å². The zero-order valence-corrected chi connectivity index (χ0v) is 22.7.